The third-order valence-corrected chi connectivity index (χ3v) is 4.74. The highest BCUT2D eigenvalue weighted by atomic mass is 79.9. The van der Waals surface area contributed by atoms with E-state index in [0.717, 1.165) is 9.35 Å². The van der Waals surface area contributed by atoms with E-state index in [0.29, 0.717) is 18.3 Å². The van der Waals surface area contributed by atoms with Crippen molar-refractivity contribution < 1.29 is 14.1 Å². The predicted octanol–water partition coefficient (Wildman–Crippen LogP) is 3.72. The van der Waals surface area contributed by atoms with E-state index >= 15 is 0 Å². The zero-order valence-electron chi connectivity index (χ0n) is 13.8. The van der Waals surface area contributed by atoms with Crippen molar-refractivity contribution in [1.29, 1.82) is 0 Å². The first kappa shape index (κ1) is 18.1. The molecule has 6 nitrogen and oxygen atoms in total. The molecular formula is C15H20BrN3O3S. The Labute approximate surface area is 148 Å². The lowest BCUT2D eigenvalue weighted by molar-refractivity contribution is -0.160. The molecule has 0 radical (unpaired) electrons. The molecule has 23 heavy (non-hydrogen) atoms. The number of halogens is 1. The largest absolute Gasteiger partial charge is 0.459 e. The Kier molecular flexibility index (Phi) is 5.59. The highest BCUT2D eigenvalue weighted by Crippen LogP contribution is 2.27. The lowest BCUT2D eigenvalue weighted by atomic mass is 10.2. The third-order valence-electron chi connectivity index (χ3n) is 3.05. The highest BCUT2D eigenvalue weighted by Gasteiger charge is 2.26. The van der Waals surface area contributed by atoms with E-state index in [9.17, 15) is 4.79 Å². The van der Waals surface area contributed by atoms with Gasteiger partial charge in [-0.05, 0) is 56.7 Å². The lowest BCUT2D eigenvalue weighted by Gasteiger charge is -2.26. The van der Waals surface area contributed by atoms with Crippen LogP contribution in [0, 0.1) is 0 Å². The SMILES string of the molecule is CC(C(=O)OC(C)(C)C)N(C)Cc1nc(-c2cc(Br)cs2)no1. The molecular weight excluding hydrogens is 382 g/mol. The second-order valence-electron chi connectivity index (χ2n) is 6.27. The van der Waals surface area contributed by atoms with E-state index < -0.39 is 11.6 Å². The Bertz CT molecular complexity index is 678. The molecule has 8 heteroatoms. The van der Waals surface area contributed by atoms with E-state index in [2.05, 4.69) is 26.1 Å². The molecule has 0 N–H and O–H groups in total. The Morgan fingerprint density at radius 3 is 2.78 bits per heavy atom. The van der Waals surface area contributed by atoms with Gasteiger partial charge in [-0.3, -0.25) is 9.69 Å². The third kappa shape index (κ3) is 5.12. The quantitative estimate of drug-likeness (QED) is 0.710. The van der Waals surface area contributed by atoms with Crippen LogP contribution in [0.3, 0.4) is 0 Å². The highest BCUT2D eigenvalue weighted by molar-refractivity contribution is 9.10. The molecule has 126 valence electrons. The van der Waals surface area contributed by atoms with E-state index in [1.807, 2.05) is 44.2 Å². The second kappa shape index (κ2) is 7.11. The number of carbonyl (C=O) groups is 1. The molecule has 0 aliphatic heterocycles. The van der Waals surface area contributed by atoms with Gasteiger partial charge >= 0.3 is 5.97 Å². The first-order chi connectivity index (χ1) is 10.7. The van der Waals surface area contributed by atoms with E-state index in [1.54, 1.807) is 6.92 Å². The van der Waals surface area contributed by atoms with Crippen molar-refractivity contribution in [3.05, 3.63) is 21.8 Å². The summed E-state index contributed by atoms with van der Waals surface area (Å²) in [5.74, 6) is 0.735. The molecule has 2 aromatic rings. The van der Waals surface area contributed by atoms with Crippen LogP contribution in [0.5, 0.6) is 0 Å². The molecule has 0 saturated carbocycles. The number of rotatable bonds is 5. The lowest BCUT2D eigenvalue weighted by Crippen LogP contribution is -2.40. The van der Waals surface area contributed by atoms with Crippen LogP contribution < -0.4 is 0 Å². The summed E-state index contributed by atoms with van der Waals surface area (Å²) >= 11 is 4.93. The van der Waals surface area contributed by atoms with Gasteiger partial charge in [-0.15, -0.1) is 11.3 Å². The molecule has 0 saturated heterocycles. The summed E-state index contributed by atoms with van der Waals surface area (Å²) in [6.07, 6.45) is 0. The van der Waals surface area contributed by atoms with Gasteiger partial charge in [0.15, 0.2) is 0 Å². The number of likely N-dealkylation sites (N-methyl/N-ethyl adjacent to an activating group) is 1. The van der Waals surface area contributed by atoms with E-state index in [-0.39, 0.29) is 5.97 Å². The van der Waals surface area contributed by atoms with Crippen molar-refractivity contribution in [1.82, 2.24) is 15.0 Å². The molecule has 1 atom stereocenters. The van der Waals surface area contributed by atoms with Crippen LogP contribution in [0.25, 0.3) is 10.7 Å². The van der Waals surface area contributed by atoms with Crippen LogP contribution in [-0.2, 0) is 16.1 Å². The summed E-state index contributed by atoms with van der Waals surface area (Å²) in [5.41, 5.74) is -0.504. The monoisotopic (exact) mass is 401 g/mol. The van der Waals surface area contributed by atoms with Crippen LogP contribution in [0.2, 0.25) is 0 Å². The minimum Gasteiger partial charge on any atom is -0.459 e. The van der Waals surface area contributed by atoms with Crippen molar-refractivity contribution in [2.45, 2.75) is 45.9 Å². The number of esters is 1. The fourth-order valence-corrected chi connectivity index (χ4v) is 3.12. The molecule has 0 aromatic carbocycles. The molecule has 0 bridgehead atoms. The Morgan fingerprint density at radius 2 is 2.22 bits per heavy atom. The maximum Gasteiger partial charge on any atom is 0.323 e. The van der Waals surface area contributed by atoms with E-state index in [4.69, 9.17) is 9.26 Å². The summed E-state index contributed by atoms with van der Waals surface area (Å²) in [5, 5.41) is 5.94. The second-order valence-corrected chi connectivity index (χ2v) is 8.09. The number of hydrogen-bond acceptors (Lipinski definition) is 7. The average molecular weight is 402 g/mol. The molecule has 2 rings (SSSR count). The average Bonchev–Trinajstić information content (AvgIpc) is 3.04. The zero-order valence-corrected chi connectivity index (χ0v) is 16.2. The van der Waals surface area contributed by atoms with Crippen molar-refractivity contribution in [2.75, 3.05) is 7.05 Å². The minimum atomic E-state index is -0.504. The molecule has 0 amide bonds. The summed E-state index contributed by atoms with van der Waals surface area (Å²) in [4.78, 5) is 19.2. The van der Waals surface area contributed by atoms with Crippen LogP contribution in [0.4, 0.5) is 0 Å². The van der Waals surface area contributed by atoms with Gasteiger partial charge in [0.25, 0.3) is 0 Å². The zero-order chi connectivity index (χ0) is 17.2. The number of thiophene rings is 1. The number of ether oxygens (including phenoxy) is 1. The topological polar surface area (TPSA) is 68.5 Å². The minimum absolute atomic E-state index is 0.276. The first-order valence-electron chi connectivity index (χ1n) is 7.16. The summed E-state index contributed by atoms with van der Waals surface area (Å²) in [6.45, 7) is 7.71. The number of nitrogens with zero attached hydrogens (tertiary/aromatic N) is 3. The Morgan fingerprint density at radius 1 is 1.52 bits per heavy atom. The van der Waals surface area contributed by atoms with Crippen molar-refractivity contribution >= 4 is 33.2 Å². The van der Waals surface area contributed by atoms with Crippen molar-refractivity contribution in [3.8, 4) is 10.7 Å². The predicted molar refractivity (Wildman–Crippen MR) is 92.1 cm³/mol. The van der Waals surface area contributed by atoms with Crippen LogP contribution >= 0.6 is 27.3 Å². The summed E-state index contributed by atoms with van der Waals surface area (Å²) < 4.78 is 11.6. The maximum absolute atomic E-state index is 12.1. The Balaban J connectivity index is 1.99. The van der Waals surface area contributed by atoms with Crippen LogP contribution in [-0.4, -0.2) is 39.7 Å². The molecule has 0 spiro atoms. The number of aromatic nitrogens is 2. The molecule has 0 aliphatic rings. The maximum atomic E-state index is 12.1. The van der Waals surface area contributed by atoms with Gasteiger partial charge < -0.3 is 9.26 Å². The first-order valence-corrected chi connectivity index (χ1v) is 8.83. The molecule has 0 fully saturated rings. The van der Waals surface area contributed by atoms with Crippen LogP contribution in [0.15, 0.2) is 20.4 Å². The standard InChI is InChI=1S/C15H20BrN3O3S/c1-9(14(20)21-15(2,3)4)19(5)7-12-17-13(18-22-12)11-6-10(16)8-23-11/h6,8-9H,7H2,1-5H3. The van der Waals surface area contributed by atoms with Crippen molar-refractivity contribution in [3.63, 3.8) is 0 Å². The van der Waals surface area contributed by atoms with Crippen LogP contribution in [0.1, 0.15) is 33.6 Å². The van der Waals surface area contributed by atoms with Gasteiger partial charge in [0.05, 0.1) is 11.4 Å². The van der Waals surface area contributed by atoms with Gasteiger partial charge in [0.1, 0.15) is 11.6 Å². The Hall–Kier alpha value is -1.25. The van der Waals surface area contributed by atoms with Crippen molar-refractivity contribution in [2.24, 2.45) is 0 Å². The molecule has 0 aliphatic carbocycles. The summed E-state index contributed by atoms with van der Waals surface area (Å²) in [6, 6.07) is 1.53. The normalized spacial score (nSPS) is 13.3. The number of carbonyl (C=O) groups excluding carboxylic acids is 1. The van der Waals surface area contributed by atoms with Gasteiger partial charge in [-0.25, -0.2) is 0 Å². The molecule has 1 unspecified atom stereocenters. The fraction of sp³-hybridized carbons (Fsp3) is 0.533. The number of hydrogen-bond donors (Lipinski definition) is 0. The van der Waals surface area contributed by atoms with E-state index in [1.165, 1.54) is 11.3 Å². The summed E-state index contributed by atoms with van der Waals surface area (Å²) in [7, 11) is 1.82. The van der Waals surface area contributed by atoms with Gasteiger partial charge in [0, 0.05) is 9.85 Å². The van der Waals surface area contributed by atoms with Gasteiger partial charge in [-0.2, -0.15) is 4.98 Å². The molecule has 2 aromatic heterocycles. The molecule has 2 heterocycles. The van der Waals surface area contributed by atoms with Gasteiger partial charge in [0.2, 0.25) is 11.7 Å². The van der Waals surface area contributed by atoms with Gasteiger partial charge in [-0.1, -0.05) is 5.16 Å². The smallest absolute Gasteiger partial charge is 0.323 e. The fourth-order valence-electron chi connectivity index (χ4n) is 1.77.